The predicted octanol–water partition coefficient (Wildman–Crippen LogP) is 2.71. The largest absolute Gasteiger partial charge is 0.326 e. The van der Waals surface area contributed by atoms with E-state index < -0.39 is 0 Å². The molecule has 110 valence electrons. The quantitative estimate of drug-likeness (QED) is 0.787. The molecule has 0 amide bonds. The molecule has 0 aromatic carbocycles. The van der Waals surface area contributed by atoms with Crippen molar-refractivity contribution >= 4 is 0 Å². The zero-order valence-electron chi connectivity index (χ0n) is 13.1. The predicted molar refractivity (Wildman–Crippen MR) is 81.0 cm³/mol. The van der Waals surface area contributed by atoms with Crippen LogP contribution < -0.4 is 5.73 Å². The van der Waals surface area contributed by atoms with E-state index in [4.69, 9.17) is 5.73 Å². The molecule has 1 rings (SSSR count). The summed E-state index contributed by atoms with van der Waals surface area (Å²) in [4.78, 5) is 2.55. The minimum absolute atomic E-state index is 0.107. The summed E-state index contributed by atoms with van der Waals surface area (Å²) in [7, 11) is 1.96. The summed E-state index contributed by atoms with van der Waals surface area (Å²) in [6.45, 7) is 9.97. The van der Waals surface area contributed by atoms with Crippen LogP contribution in [0.5, 0.6) is 0 Å². The zero-order valence-corrected chi connectivity index (χ0v) is 13.1. The molecule has 0 radical (unpaired) electrons. The summed E-state index contributed by atoms with van der Waals surface area (Å²) in [6.07, 6.45) is 7.62. The Kier molecular flexibility index (Phi) is 6.52. The first-order valence-electron chi connectivity index (χ1n) is 7.51. The molecule has 0 aliphatic heterocycles. The highest BCUT2D eigenvalue weighted by atomic mass is 15.3. The molecule has 1 aromatic heterocycles. The lowest BCUT2D eigenvalue weighted by Gasteiger charge is -2.38. The highest BCUT2D eigenvalue weighted by Gasteiger charge is 2.27. The molecule has 1 heterocycles. The first-order valence-corrected chi connectivity index (χ1v) is 7.51. The van der Waals surface area contributed by atoms with Crippen LogP contribution in [0, 0.1) is 0 Å². The molecule has 3 atom stereocenters. The van der Waals surface area contributed by atoms with Gasteiger partial charge in [0.15, 0.2) is 0 Å². The topological polar surface area (TPSA) is 47.1 Å². The van der Waals surface area contributed by atoms with Crippen LogP contribution in [-0.4, -0.2) is 33.3 Å². The minimum atomic E-state index is 0.107. The van der Waals surface area contributed by atoms with Crippen molar-refractivity contribution < 1.29 is 0 Å². The third kappa shape index (κ3) is 4.32. The molecular weight excluding hydrogens is 236 g/mol. The highest BCUT2D eigenvalue weighted by molar-refractivity contribution is 5.13. The molecule has 0 bridgehead atoms. The lowest BCUT2D eigenvalue weighted by Crippen LogP contribution is -2.44. The lowest BCUT2D eigenvalue weighted by molar-refractivity contribution is 0.121. The van der Waals surface area contributed by atoms with Crippen LogP contribution in [0.25, 0.3) is 0 Å². The molecule has 19 heavy (non-hydrogen) atoms. The number of aromatic nitrogens is 2. The van der Waals surface area contributed by atoms with Crippen molar-refractivity contribution in [1.29, 1.82) is 0 Å². The third-order valence-electron chi connectivity index (χ3n) is 3.85. The number of hydrogen-bond donors (Lipinski definition) is 1. The van der Waals surface area contributed by atoms with Crippen molar-refractivity contribution in [2.75, 3.05) is 6.54 Å². The van der Waals surface area contributed by atoms with Gasteiger partial charge in [-0.15, -0.1) is 0 Å². The van der Waals surface area contributed by atoms with E-state index in [0.29, 0.717) is 6.04 Å². The molecule has 3 unspecified atom stereocenters. The van der Waals surface area contributed by atoms with Gasteiger partial charge >= 0.3 is 0 Å². The van der Waals surface area contributed by atoms with E-state index in [-0.39, 0.29) is 12.1 Å². The molecule has 0 saturated heterocycles. The van der Waals surface area contributed by atoms with Gasteiger partial charge in [0.2, 0.25) is 0 Å². The number of hydrogen-bond acceptors (Lipinski definition) is 3. The third-order valence-corrected chi connectivity index (χ3v) is 3.85. The molecule has 4 heteroatoms. The maximum atomic E-state index is 6.26. The number of aryl methyl sites for hydroxylation is 1. The van der Waals surface area contributed by atoms with Crippen molar-refractivity contribution in [1.82, 2.24) is 14.7 Å². The average Bonchev–Trinajstić information content (AvgIpc) is 2.79. The Labute approximate surface area is 118 Å². The fraction of sp³-hybridized carbons (Fsp3) is 0.800. The Morgan fingerprint density at radius 2 is 2.05 bits per heavy atom. The van der Waals surface area contributed by atoms with Crippen LogP contribution >= 0.6 is 0 Å². The van der Waals surface area contributed by atoms with Crippen LogP contribution in [0.2, 0.25) is 0 Å². The monoisotopic (exact) mass is 266 g/mol. The summed E-state index contributed by atoms with van der Waals surface area (Å²) >= 11 is 0. The second-order valence-corrected chi connectivity index (χ2v) is 5.60. The fourth-order valence-corrected chi connectivity index (χ4v) is 2.60. The van der Waals surface area contributed by atoms with Crippen LogP contribution in [0.4, 0.5) is 0 Å². The van der Waals surface area contributed by atoms with Gasteiger partial charge in [0, 0.05) is 30.9 Å². The highest BCUT2D eigenvalue weighted by Crippen LogP contribution is 2.26. The van der Waals surface area contributed by atoms with E-state index in [1.165, 1.54) is 18.4 Å². The van der Waals surface area contributed by atoms with Gasteiger partial charge in [-0.2, -0.15) is 5.10 Å². The fourth-order valence-electron chi connectivity index (χ4n) is 2.60. The molecule has 0 aliphatic rings. The molecule has 0 fully saturated rings. The van der Waals surface area contributed by atoms with E-state index in [0.717, 1.165) is 13.0 Å². The number of unbranched alkanes of at least 4 members (excludes halogenated alkanes) is 1. The lowest BCUT2D eigenvalue weighted by atomic mass is 9.99. The molecule has 4 nitrogen and oxygen atoms in total. The zero-order chi connectivity index (χ0) is 14.4. The SMILES string of the molecule is CCCCN(C(C)CC)C(c1cnn(C)c1)C(C)N. The van der Waals surface area contributed by atoms with Crippen molar-refractivity contribution in [2.24, 2.45) is 12.8 Å². The summed E-state index contributed by atoms with van der Waals surface area (Å²) in [5.74, 6) is 0. The Bertz CT molecular complexity index is 359. The summed E-state index contributed by atoms with van der Waals surface area (Å²) in [5.41, 5.74) is 7.49. The first kappa shape index (κ1) is 16.2. The number of rotatable bonds is 8. The summed E-state index contributed by atoms with van der Waals surface area (Å²) in [6, 6.07) is 0.910. The van der Waals surface area contributed by atoms with E-state index in [2.05, 4.69) is 43.9 Å². The van der Waals surface area contributed by atoms with Crippen molar-refractivity contribution in [3.05, 3.63) is 18.0 Å². The van der Waals surface area contributed by atoms with Crippen molar-refractivity contribution in [3.63, 3.8) is 0 Å². The molecule has 0 spiro atoms. The maximum absolute atomic E-state index is 6.26. The van der Waals surface area contributed by atoms with Gasteiger partial charge in [-0.25, -0.2) is 0 Å². The van der Waals surface area contributed by atoms with E-state index in [1.54, 1.807) is 0 Å². The van der Waals surface area contributed by atoms with E-state index in [1.807, 2.05) is 17.9 Å². The van der Waals surface area contributed by atoms with Gasteiger partial charge in [0.25, 0.3) is 0 Å². The van der Waals surface area contributed by atoms with Crippen LogP contribution in [0.15, 0.2) is 12.4 Å². The maximum Gasteiger partial charge on any atom is 0.0538 e. The minimum Gasteiger partial charge on any atom is -0.326 e. The van der Waals surface area contributed by atoms with Gasteiger partial charge in [-0.1, -0.05) is 20.3 Å². The van der Waals surface area contributed by atoms with Crippen molar-refractivity contribution in [3.8, 4) is 0 Å². The Balaban J connectivity index is 2.97. The van der Waals surface area contributed by atoms with Crippen LogP contribution in [-0.2, 0) is 7.05 Å². The second kappa shape index (κ2) is 7.65. The van der Waals surface area contributed by atoms with E-state index >= 15 is 0 Å². The molecular formula is C15H30N4. The van der Waals surface area contributed by atoms with Gasteiger partial charge in [-0.05, 0) is 33.2 Å². The normalized spacial score (nSPS) is 16.6. The second-order valence-electron chi connectivity index (χ2n) is 5.60. The first-order chi connectivity index (χ1) is 9.01. The molecule has 2 N–H and O–H groups in total. The summed E-state index contributed by atoms with van der Waals surface area (Å²) in [5, 5.41) is 4.30. The van der Waals surface area contributed by atoms with Crippen LogP contribution in [0.1, 0.15) is 58.6 Å². The van der Waals surface area contributed by atoms with Crippen LogP contribution in [0.3, 0.4) is 0 Å². The van der Waals surface area contributed by atoms with Gasteiger partial charge in [0.1, 0.15) is 0 Å². The molecule has 0 saturated carbocycles. The van der Waals surface area contributed by atoms with Gasteiger partial charge < -0.3 is 5.73 Å². The molecule has 0 aliphatic carbocycles. The number of nitrogens with zero attached hydrogens (tertiary/aromatic N) is 3. The smallest absolute Gasteiger partial charge is 0.0538 e. The van der Waals surface area contributed by atoms with Gasteiger partial charge in [0.05, 0.1) is 12.2 Å². The Hall–Kier alpha value is -0.870. The van der Waals surface area contributed by atoms with Crippen molar-refractivity contribution in [2.45, 2.75) is 65.1 Å². The summed E-state index contributed by atoms with van der Waals surface area (Å²) < 4.78 is 1.86. The number of nitrogens with two attached hydrogens (primary N) is 1. The average molecular weight is 266 g/mol. The Morgan fingerprint density at radius 3 is 2.47 bits per heavy atom. The van der Waals surface area contributed by atoms with E-state index in [9.17, 15) is 0 Å². The Morgan fingerprint density at radius 1 is 1.37 bits per heavy atom. The van der Waals surface area contributed by atoms with Gasteiger partial charge in [-0.3, -0.25) is 9.58 Å². The standard InChI is InChI=1S/C15H30N4/c1-6-8-9-19(12(3)7-2)15(13(4)16)14-10-17-18(5)11-14/h10-13,15H,6-9,16H2,1-5H3. The molecule has 1 aromatic rings.